The third-order valence-corrected chi connectivity index (χ3v) is 7.99. The lowest BCUT2D eigenvalue weighted by Crippen LogP contribution is -2.35. The van der Waals surface area contributed by atoms with Crippen molar-refractivity contribution in [2.24, 2.45) is 5.73 Å². The standard InChI is InChI=1S/C32H52N6/c1-25(2)16-12-10-8-6-4-5-7-9-11-15-21-37-22-19-27(20-23-37)38-30(31(34)32(35)36-38)24-29(33)28-18-14-13-17-26(28)3/h13-14,17-18,24,27H,1,4-12,15-16,19-23,33-34H2,2-3H3,(H2,35,36)/b29-24-. The van der Waals surface area contributed by atoms with Gasteiger partial charge in [-0.1, -0.05) is 81.2 Å². The van der Waals surface area contributed by atoms with E-state index in [1.165, 1.54) is 82.7 Å². The van der Waals surface area contributed by atoms with Crippen LogP contribution in [0.4, 0.5) is 11.5 Å². The lowest BCUT2D eigenvalue weighted by molar-refractivity contribution is 0.177. The second-order valence-electron chi connectivity index (χ2n) is 11.4. The second-order valence-corrected chi connectivity index (χ2v) is 11.4. The maximum atomic E-state index is 6.48. The predicted octanol–water partition coefficient (Wildman–Crippen LogP) is 7.32. The molecular weight excluding hydrogens is 468 g/mol. The van der Waals surface area contributed by atoms with E-state index in [1.54, 1.807) is 0 Å². The number of nitrogen functional groups attached to an aromatic ring is 2. The number of hydrogen-bond donors (Lipinski definition) is 3. The van der Waals surface area contributed by atoms with Crippen LogP contribution in [-0.2, 0) is 0 Å². The molecule has 6 nitrogen and oxygen atoms in total. The van der Waals surface area contributed by atoms with Gasteiger partial charge in [-0.05, 0) is 64.1 Å². The molecule has 2 heterocycles. The summed E-state index contributed by atoms with van der Waals surface area (Å²) in [4.78, 5) is 2.61. The molecule has 0 unspecified atom stereocenters. The molecule has 0 saturated carbocycles. The van der Waals surface area contributed by atoms with E-state index in [0.717, 1.165) is 42.8 Å². The number of nitrogens with two attached hydrogens (primary N) is 3. The quantitative estimate of drug-likeness (QED) is 0.159. The van der Waals surface area contributed by atoms with Crippen molar-refractivity contribution < 1.29 is 0 Å². The monoisotopic (exact) mass is 520 g/mol. The smallest absolute Gasteiger partial charge is 0.169 e. The van der Waals surface area contributed by atoms with Crippen LogP contribution in [0.15, 0.2) is 36.4 Å². The Bertz CT molecular complexity index is 1030. The lowest BCUT2D eigenvalue weighted by atomic mass is 10.0. The Balaban J connectivity index is 1.36. The van der Waals surface area contributed by atoms with Gasteiger partial charge < -0.3 is 22.1 Å². The minimum Gasteiger partial charge on any atom is -0.398 e. The summed E-state index contributed by atoms with van der Waals surface area (Å²) < 4.78 is 2.02. The lowest BCUT2D eigenvalue weighted by Gasteiger charge is -2.32. The fourth-order valence-corrected chi connectivity index (χ4v) is 5.59. The molecule has 0 amide bonds. The fraction of sp³-hybridized carbons (Fsp3) is 0.594. The topological polar surface area (TPSA) is 99.1 Å². The molecule has 3 rings (SSSR count). The molecular formula is C32H52N6. The molecule has 1 aliphatic rings. The molecule has 1 aliphatic heterocycles. The normalized spacial score (nSPS) is 15.3. The second kappa shape index (κ2) is 15.6. The molecule has 0 spiro atoms. The summed E-state index contributed by atoms with van der Waals surface area (Å²) in [6, 6.07) is 8.42. The summed E-state index contributed by atoms with van der Waals surface area (Å²) in [6.45, 7) is 11.6. The highest BCUT2D eigenvalue weighted by atomic mass is 15.3. The van der Waals surface area contributed by atoms with Crippen LogP contribution in [0.2, 0.25) is 0 Å². The molecule has 1 aromatic carbocycles. The zero-order valence-electron chi connectivity index (χ0n) is 24.1. The van der Waals surface area contributed by atoms with Crippen molar-refractivity contribution in [3.05, 3.63) is 53.2 Å². The SMILES string of the molecule is C=C(C)CCCCCCCCCCCCN1CCC(n2nc(N)c(N)c2/C=C(\N)c2ccccc2C)CC1. The van der Waals surface area contributed by atoms with Gasteiger partial charge in [0.25, 0.3) is 0 Å². The highest BCUT2D eigenvalue weighted by molar-refractivity contribution is 5.85. The number of anilines is 2. The maximum absolute atomic E-state index is 6.48. The Hall–Kier alpha value is -2.73. The van der Waals surface area contributed by atoms with Gasteiger partial charge in [0.1, 0.15) is 5.69 Å². The van der Waals surface area contributed by atoms with Crippen molar-refractivity contribution in [2.75, 3.05) is 31.1 Å². The van der Waals surface area contributed by atoms with E-state index >= 15 is 0 Å². The van der Waals surface area contributed by atoms with Crippen molar-refractivity contribution in [1.82, 2.24) is 14.7 Å². The van der Waals surface area contributed by atoms with Crippen LogP contribution in [0.25, 0.3) is 11.8 Å². The van der Waals surface area contributed by atoms with Crippen LogP contribution in [-0.4, -0.2) is 34.3 Å². The Kier molecular flexibility index (Phi) is 12.3. The van der Waals surface area contributed by atoms with Crippen LogP contribution in [0.1, 0.15) is 113 Å². The zero-order chi connectivity index (χ0) is 27.3. The highest BCUT2D eigenvalue weighted by Crippen LogP contribution is 2.31. The van der Waals surface area contributed by atoms with Gasteiger partial charge in [0.15, 0.2) is 5.82 Å². The number of aromatic nitrogens is 2. The van der Waals surface area contributed by atoms with E-state index in [2.05, 4.69) is 36.5 Å². The van der Waals surface area contributed by atoms with E-state index in [9.17, 15) is 0 Å². The fourth-order valence-electron chi connectivity index (χ4n) is 5.59. The van der Waals surface area contributed by atoms with Gasteiger partial charge in [-0.15, -0.1) is 6.58 Å². The van der Waals surface area contributed by atoms with E-state index in [4.69, 9.17) is 17.2 Å². The Morgan fingerprint density at radius 3 is 2.13 bits per heavy atom. The van der Waals surface area contributed by atoms with Crippen molar-refractivity contribution in [2.45, 2.75) is 103 Å². The number of piperidine rings is 1. The van der Waals surface area contributed by atoms with Crippen LogP contribution < -0.4 is 17.2 Å². The average Bonchev–Trinajstić information content (AvgIpc) is 3.18. The van der Waals surface area contributed by atoms with Crippen molar-refractivity contribution in [3.63, 3.8) is 0 Å². The molecule has 6 heteroatoms. The van der Waals surface area contributed by atoms with Gasteiger partial charge in [-0.25, -0.2) is 0 Å². The number of hydrogen-bond acceptors (Lipinski definition) is 5. The van der Waals surface area contributed by atoms with Crippen molar-refractivity contribution in [1.29, 1.82) is 0 Å². The number of unbranched alkanes of at least 4 members (excludes halogenated alkanes) is 9. The summed E-state index contributed by atoms with van der Waals surface area (Å²) in [5, 5.41) is 4.61. The predicted molar refractivity (Wildman–Crippen MR) is 165 cm³/mol. The minimum atomic E-state index is 0.294. The van der Waals surface area contributed by atoms with Crippen LogP contribution in [0.5, 0.6) is 0 Å². The summed E-state index contributed by atoms with van der Waals surface area (Å²) in [5.41, 5.74) is 24.5. The summed E-state index contributed by atoms with van der Waals surface area (Å²) in [5.74, 6) is 0.388. The molecule has 1 saturated heterocycles. The first-order valence-electron chi connectivity index (χ1n) is 14.9. The molecule has 6 N–H and O–H groups in total. The summed E-state index contributed by atoms with van der Waals surface area (Å²) in [6.07, 6.45) is 18.9. The third kappa shape index (κ3) is 9.23. The van der Waals surface area contributed by atoms with E-state index < -0.39 is 0 Å². The van der Waals surface area contributed by atoms with Crippen LogP contribution in [0.3, 0.4) is 0 Å². The van der Waals surface area contributed by atoms with Gasteiger partial charge in [0.2, 0.25) is 0 Å². The maximum Gasteiger partial charge on any atom is 0.169 e. The number of rotatable bonds is 16. The zero-order valence-corrected chi connectivity index (χ0v) is 24.1. The molecule has 2 aromatic rings. The van der Waals surface area contributed by atoms with Gasteiger partial charge in [-0.2, -0.15) is 5.10 Å². The minimum absolute atomic E-state index is 0.294. The van der Waals surface area contributed by atoms with E-state index in [1.807, 2.05) is 29.0 Å². The Labute approximate surface area is 231 Å². The molecule has 0 atom stereocenters. The highest BCUT2D eigenvalue weighted by Gasteiger charge is 2.24. The first-order valence-corrected chi connectivity index (χ1v) is 14.9. The molecule has 1 fully saturated rings. The number of likely N-dealkylation sites (tertiary alicyclic amines) is 1. The largest absolute Gasteiger partial charge is 0.398 e. The Morgan fingerprint density at radius 1 is 0.947 bits per heavy atom. The van der Waals surface area contributed by atoms with E-state index in [0.29, 0.717) is 23.2 Å². The first-order chi connectivity index (χ1) is 18.4. The van der Waals surface area contributed by atoms with E-state index in [-0.39, 0.29) is 0 Å². The molecule has 1 aromatic heterocycles. The molecule has 210 valence electrons. The number of nitrogens with zero attached hydrogens (tertiary/aromatic N) is 3. The molecule has 0 radical (unpaired) electrons. The number of allylic oxidation sites excluding steroid dienone is 1. The van der Waals surface area contributed by atoms with Crippen molar-refractivity contribution in [3.8, 4) is 0 Å². The molecule has 38 heavy (non-hydrogen) atoms. The summed E-state index contributed by atoms with van der Waals surface area (Å²) in [7, 11) is 0. The molecule has 0 aliphatic carbocycles. The van der Waals surface area contributed by atoms with Gasteiger partial charge in [0, 0.05) is 24.4 Å². The van der Waals surface area contributed by atoms with Gasteiger partial charge in [-0.3, -0.25) is 4.68 Å². The Morgan fingerprint density at radius 2 is 1.53 bits per heavy atom. The summed E-state index contributed by atoms with van der Waals surface area (Å²) >= 11 is 0. The first kappa shape index (κ1) is 29.8. The van der Waals surface area contributed by atoms with Crippen LogP contribution >= 0.6 is 0 Å². The number of benzene rings is 1. The van der Waals surface area contributed by atoms with Gasteiger partial charge >= 0.3 is 0 Å². The number of aryl methyl sites for hydroxylation is 1. The van der Waals surface area contributed by atoms with Crippen molar-refractivity contribution >= 4 is 23.3 Å². The third-order valence-electron chi connectivity index (χ3n) is 7.99. The van der Waals surface area contributed by atoms with Crippen LogP contribution in [0, 0.1) is 6.92 Å². The van der Waals surface area contributed by atoms with Gasteiger partial charge in [0.05, 0.1) is 11.7 Å². The average molecular weight is 521 g/mol. The molecule has 0 bridgehead atoms.